The molecule has 1 saturated heterocycles. The molecule has 1 fully saturated rings. The summed E-state index contributed by atoms with van der Waals surface area (Å²) in [7, 11) is -6.26. The number of nitrogens with two attached hydrogens (primary N) is 1. The van der Waals surface area contributed by atoms with E-state index >= 15 is 0 Å². The quantitative estimate of drug-likeness (QED) is 0.830. The molecule has 1 heterocycles. The molecule has 9 heteroatoms. The van der Waals surface area contributed by atoms with E-state index in [-0.39, 0.29) is 15.8 Å². The van der Waals surface area contributed by atoms with Gasteiger partial charge in [0.2, 0.25) is 20.0 Å². The number of sulfonamides is 2. The average Bonchev–Trinajstić information content (AvgIpc) is 3.12. The predicted octanol–water partition coefficient (Wildman–Crippen LogP) is 1.87. The van der Waals surface area contributed by atoms with Crippen molar-refractivity contribution in [3.05, 3.63) is 54.1 Å². The van der Waals surface area contributed by atoms with E-state index in [2.05, 4.69) is 0 Å². The fraction of sp³-hybridized carbons (Fsp3) is 0.294. The van der Waals surface area contributed by atoms with Gasteiger partial charge in [0.1, 0.15) is 5.75 Å². The first-order valence-corrected chi connectivity index (χ1v) is 11.0. The molecule has 1 unspecified atom stereocenters. The van der Waals surface area contributed by atoms with Crippen molar-refractivity contribution in [3.8, 4) is 5.75 Å². The summed E-state index contributed by atoms with van der Waals surface area (Å²) < 4.78 is 55.8. The second kappa shape index (κ2) is 6.99. The minimum atomic E-state index is -3.98. The van der Waals surface area contributed by atoms with Gasteiger partial charge in [0.05, 0.1) is 22.9 Å². The van der Waals surface area contributed by atoms with Gasteiger partial charge in [-0.25, -0.2) is 22.0 Å². The van der Waals surface area contributed by atoms with E-state index in [0.29, 0.717) is 18.7 Å². The average molecular weight is 396 g/mol. The van der Waals surface area contributed by atoms with Crippen molar-refractivity contribution >= 4 is 20.0 Å². The standard InChI is InChI=1S/C17H20N2O5S2/c1-24-14-9-7-13(8-10-14)17-6-3-11-19(17)26(22,23)16-5-2-4-15(12-16)25(18,20)21/h2,4-5,7-10,12,17H,3,6,11H2,1H3,(H2,18,20,21). The lowest BCUT2D eigenvalue weighted by Gasteiger charge is -2.24. The van der Waals surface area contributed by atoms with Gasteiger partial charge in [-0.05, 0) is 48.7 Å². The highest BCUT2D eigenvalue weighted by Crippen LogP contribution is 2.37. The molecule has 0 radical (unpaired) electrons. The van der Waals surface area contributed by atoms with Gasteiger partial charge in [-0.1, -0.05) is 18.2 Å². The first-order valence-electron chi connectivity index (χ1n) is 8.02. The summed E-state index contributed by atoms with van der Waals surface area (Å²) in [5.74, 6) is 0.696. The topological polar surface area (TPSA) is 107 Å². The minimum absolute atomic E-state index is 0.0792. The Hall–Kier alpha value is -1.94. The molecule has 140 valence electrons. The third-order valence-electron chi connectivity index (χ3n) is 4.44. The lowest BCUT2D eigenvalue weighted by atomic mass is 10.1. The van der Waals surface area contributed by atoms with E-state index in [4.69, 9.17) is 9.88 Å². The van der Waals surface area contributed by atoms with Gasteiger partial charge in [0.25, 0.3) is 0 Å². The Morgan fingerprint density at radius 3 is 2.31 bits per heavy atom. The number of hydrogen-bond acceptors (Lipinski definition) is 5. The fourth-order valence-electron chi connectivity index (χ4n) is 3.13. The van der Waals surface area contributed by atoms with Crippen molar-refractivity contribution in [1.29, 1.82) is 0 Å². The molecule has 7 nitrogen and oxygen atoms in total. The maximum atomic E-state index is 13.1. The molecule has 3 rings (SSSR count). The van der Waals surface area contributed by atoms with Crippen molar-refractivity contribution in [2.75, 3.05) is 13.7 Å². The van der Waals surface area contributed by atoms with E-state index in [1.165, 1.54) is 22.5 Å². The van der Waals surface area contributed by atoms with Crippen LogP contribution < -0.4 is 9.88 Å². The molecule has 26 heavy (non-hydrogen) atoms. The highest BCUT2D eigenvalue weighted by molar-refractivity contribution is 7.90. The van der Waals surface area contributed by atoms with Crippen LogP contribution in [0.2, 0.25) is 0 Å². The van der Waals surface area contributed by atoms with Crippen LogP contribution in [0.25, 0.3) is 0 Å². The summed E-state index contributed by atoms with van der Waals surface area (Å²) in [6.45, 7) is 0.374. The zero-order valence-corrected chi connectivity index (χ0v) is 15.8. The van der Waals surface area contributed by atoms with E-state index in [1.807, 2.05) is 12.1 Å². The monoisotopic (exact) mass is 396 g/mol. The van der Waals surface area contributed by atoms with Crippen LogP contribution in [-0.4, -0.2) is 34.8 Å². The van der Waals surface area contributed by atoms with Gasteiger partial charge in [0.15, 0.2) is 0 Å². The first kappa shape index (κ1) is 18.8. The van der Waals surface area contributed by atoms with Crippen LogP contribution in [0.15, 0.2) is 58.3 Å². The van der Waals surface area contributed by atoms with Crippen molar-refractivity contribution in [2.45, 2.75) is 28.7 Å². The molecular formula is C17H20N2O5S2. The molecule has 0 aliphatic carbocycles. The number of primary sulfonamides is 1. The van der Waals surface area contributed by atoms with Crippen LogP contribution in [0.3, 0.4) is 0 Å². The van der Waals surface area contributed by atoms with E-state index in [1.54, 1.807) is 19.2 Å². The Morgan fingerprint density at radius 2 is 1.69 bits per heavy atom. The van der Waals surface area contributed by atoms with Gasteiger partial charge in [-0.3, -0.25) is 0 Å². The van der Waals surface area contributed by atoms with Crippen molar-refractivity contribution in [1.82, 2.24) is 4.31 Å². The van der Waals surface area contributed by atoms with E-state index in [9.17, 15) is 16.8 Å². The molecular weight excluding hydrogens is 376 g/mol. The Kier molecular flexibility index (Phi) is 5.07. The number of ether oxygens (including phenoxy) is 1. The number of rotatable bonds is 5. The number of nitrogens with zero attached hydrogens (tertiary/aromatic N) is 1. The van der Waals surface area contributed by atoms with Gasteiger partial charge in [-0.15, -0.1) is 0 Å². The van der Waals surface area contributed by atoms with E-state index < -0.39 is 20.0 Å². The molecule has 0 aromatic heterocycles. The predicted molar refractivity (Wildman–Crippen MR) is 96.7 cm³/mol. The Labute approximate surface area is 153 Å². The van der Waals surface area contributed by atoms with Gasteiger partial charge in [-0.2, -0.15) is 4.31 Å². The SMILES string of the molecule is COc1ccc(C2CCCN2S(=O)(=O)c2cccc(S(N)(=O)=O)c2)cc1. The highest BCUT2D eigenvalue weighted by Gasteiger charge is 2.36. The Bertz CT molecular complexity index is 1000. The maximum absolute atomic E-state index is 13.1. The zero-order chi connectivity index (χ0) is 18.9. The number of hydrogen-bond donors (Lipinski definition) is 1. The third kappa shape index (κ3) is 3.61. The fourth-order valence-corrected chi connectivity index (χ4v) is 5.50. The van der Waals surface area contributed by atoms with Crippen LogP contribution in [0.1, 0.15) is 24.4 Å². The van der Waals surface area contributed by atoms with Crippen LogP contribution >= 0.6 is 0 Å². The normalized spacial score (nSPS) is 18.8. The summed E-state index contributed by atoms with van der Waals surface area (Å²) in [6, 6.07) is 12.1. The smallest absolute Gasteiger partial charge is 0.243 e. The molecule has 0 saturated carbocycles. The summed E-state index contributed by atoms with van der Waals surface area (Å²) in [5.41, 5.74) is 0.870. The summed E-state index contributed by atoms with van der Waals surface area (Å²) in [6.07, 6.45) is 1.42. The second-order valence-electron chi connectivity index (χ2n) is 6.07. The molecule has 0 amide bonds. The van der Waals surface area contributed by atoms with Crippen LogP contribution in [0.5, 0.6) is 5.75 Å². The lowest BCUT2D eigenvalue weighted by Crippen LogP contribution is -2.30. The molecule has 1 atom stereocenters. The largest absolute Gasteiger partial charge is 0.497 e. The van der Waals surface area contributed by atoms with Crippen molar-refractivity contribution in [2.24, 2.45) is 5.14 Å². The second-order valence-corrected chi connectivity index (χ2v) is 9.52. The molecule has 1 aliphatic heterocycles. The number of benzene rings is 2. The van der Waals surface area contributed by atoms with Gasteiger partial charge in [0, 0.05) is 6.54 Å². The molecule has 1 aliphatic rings. The molecule has 2 N–H and O–H groups in total. The highest BCUT2D eigenvalue weighted by atomic mass is 32.2. The van der Waals surface area contributed by atoms with Crippen LogP contribution in [0, 0.1) is 0 Å². The number of methoxy groups -OCH3 is 1. The molecule has 0 bridgehead atoms. The summed E-state index contributed by atoms with van der Waals surface area (Å²) in [5, 5.41) is 5.12. The maximum Gasteiger partial charge on any atom is 0.243 e. The molecule has 2 aromatic rings. The van der Waals surface area contributed by atoms with Crippen LogP contribution in [-0.2, 0) is 20.0 Å². The molecule has 2 aromatic carbocycles. The Balaban J connectivity index is 1.97. The summed E-state index contributed by atoms with van der Waals surface area (Å²) in [4.78, 5) is -0.303. The zero-order valence-electron chi connectivity index (χ0n) is 14.2. The van der Waals surface area contributed by atoms with Gasteiger partial charge >= 0.3 is 0 Å². The van der Waals surface area contributed by atoms with Crippen molar-refractivity contribution in [3.63, 3.8) is 0 Å². The van der Waals surface area contributed by atoms with Gasteiger partial charge < -0.3 is 4.74 Å². The lowest BCUT2D eigenvalue weighted by molar-refractivity contribution is 0.394. The minimum Gasteiger partial charge on any atom is -0.497 e. The third-order valence-corrected chi connectivity index (χ3v) is 7.26. The van der Waals surface area contributed by atoms with Crippen LogP contribution in [0.4, 0.5) is 0 Å². The Morgan fingerprint density at radius 1 is 1.04 bits per heavy atom. The molecule has 0 spiro atoms. The first-order chi connectivity index (χ1) is 12.2. The summed E-state index contributed by atoms with van der Waals surface area (Å²) >= 11 is 0. The van der Waals surface area contributed by atoms with E-state index in [0.717, 1.165) is 18.1 Å². The van der Waals surface area contributed by atoms with Crippen molar-refractivity contribution < 1.29 is 21.6 Å².